The van der Waals surface area contributed by atoms with Gasteiger partial charge in [0, 0.05) is 22.1 Å². The van der Waals surface area contributed by atoms with Gasteiger partial charge in [-0.25, -0.2) is 0 Å². The van der Waals surface area contributed by atoms with E-state index in [0.717, 1.165) is 36.4 Å². The number of anilines is 2. The van der Waals surface area contributed by atoms with E-state index in [1.807, 2.05) is 0 Å². The Labute approximate surface area is 336 Å². The number of azo groups is 2. The summed E-state index contributed by atoms with van der Waals surface area (Å²) in [6, 6.07) is 13.2. The Morgan fingerprint density at radius 2 is 0.810 bits per heavy atom. The van der Waals surface area contributed by atoms with Gasteiger partial charge in [-0.1, -0.05) is 35.3 Å². The molecule has 26 heteroatoms. The molecule has 6 aromatic carbocycles. The van der Waals surface area contributed by atoms with Crippen LogP contribution in [0.4, 0.5) is 34.1 Å². The predicted molar refractivity (Wildman–Crippen MR) is 210 cm³/mol. The van der Waals surface area contributed by atoms with E-state index in [1.54, 1.807) is 0 Å². The number of hydrogen-bond donors (Lipinski definition) is 8. The molecule has 6 rings (SSSR count). The van der Waals surface area contributed by atoms with Gasteiger partial charge in [0.25, 0.3) is 40.5 Å². The average molecular weight is 914 g/mol. The molecule has 0 unspecified atom stereocenters. The molecule has 0 bridgehead atoms. The number of fused-ring (bicyclic) bond motifs is 2. The second kappa shape index (κ2) is 14.7. The van der Waals surface area contributed by atoms with Crippen LogP contribution in [-0.2, 0) is 40.5 Å². The molecule has 0 atom stereocenters. The zero-order chi connectivity index (χ0) is 42.9. The molecular weight excluding hydrogens is 892 g/mol. The van der Waals surface area contributed by atoms with Crippen LogP contribution in [0.25, 0.3) is 32.7 Å². The second-order valence-corrected chi connectivity index (χ2v) is 18.4. The van der Waals surface area contributed by atoms with Crippen LogP contribution in [0, 0.1) is 0 Å². The number of rotatable bonds is 9. The Balaban J connectivity index is 1.34. The molecule has 0 amide bonds. The second-order valence-electron chi connectivity index (χ2n) is 12.0. The molecule has 0 aromatic heterocycles. The van der Waals surface area contributed by atoms with Gasteiger partial charge in [0.05, 0.1) is 19.8 Å². The zero-order valence-electron chi connectivity index (χ0n) is 28.2. The van der Waals surface area contributed by atoms with Crippen molar-refractivity contribution in [3.05, 3.63) is 82.8 Å². The van der Waals surface area contributed by atoms with Gasteiger partial charge in [0.15, 0.2) is 11.5 Å². The Kier molecular flexibility index (Phi) is 10.7. The summed E-state index contributed by atoms with van der Waals surface area (Å²) in [4.78, 5) is -3.42. The highest BCUT2D eigenvalue weighted by Crippen LogP contribution is 2.47. The molecule has 0 saturated heterocycles. The summed E-state index contributed by atoms with van der Waals surface area (Å²) < 4.78 is 134. The molecule has 0 aliphatic heterocycles. The first kappa shape index (κ1) is 42.1. The molecule has 6 aromatic rings. The molecule has 20 nitrogen and oxygen atoms in total. The van der Waals surface area contributed by atoms with Crippen LogP contribution in [0.1, 0.15) is 0 Å². The van der Waals surface area contributed by atoms with Crippen molar-refractivity contribution >= 4 is 119 Å². The number of nitrogen functional groups attached to an aromatic ring is 2. The third-order valence-corrected chi connectivity index (χ3v) is 12.2. The van der Waals surface area contributed by atoms with E-state index in [1.165, 1.54) is 36.4 Å². The summed E-state index contributed by atoms with van der Waals surface area (Å²) in [5.41, 5.74) is 10.1. The van der Waals surface area contributed by atoms with Crippen molar-refractivity contribution in [2.45, 2.75) is 19.6 Å². The molecular formula is C32H22Cl2N6O14S4. The number of phenolic OH excluding ortho intramolecular Hbond substituents is 2. The third-order valence-electron chi connectivity index (χ3n) is 8.20. The number of nitrogens with zero attached hydrogens (tertiary/aromatic N) is 4. The van der Waals surface area contributed by atoms with Crippen LogP contribution in [0.2, 0.25) is 10.0 Å². The van der Waals surface area contributed by atoms with Crippen LogP contribution >= 0.6 is 23.2 Å². The van der Waals surface area contributed by atoms with Crippen LogP contribution in [-0.4, -0.2) is 62.1 Å². The van der Waals surface area contributed by atoms with E-state index < -0.39 is 94.3 Å². The van der Waals surface area contributed by atoms with E-state index in [4.69, 9.17) is 34.7 Å². The molecule has 10 N–H and O–H groups in total. The van der Waals surface area contributed by atoms with E-state index in [-0.39, 0.29) is 43.0 Å². The van der Waals surface area contributed by atoms with Crippen molar-refractivity contribution in [2.24, 2.45) is 20.5 Å². The molecule has 0 spiro atoms. The monoisotopic (exact) mass is 912 g/mol. The molecule has 0 heterocycles. The SMILES string of the molecule is Nc1cc(S(=O)(=O)O)cc2cc(S(=O)(=O)O)c(N=Nc3ccc(-c4ccc(N=Nc5c(S(=O)(=O)O)cc6cc(S(=O)(=O)O)cc(N)c6c5O)c(Cl)c4)cc3Cl)c(O)c12. The molecule has 0 aliphatic rings. The topological polar surface area (TPSA) is 359 Å². The maximum absolute atomic E-state index is 12.2. The largest absolute Gasteiger partial charge is 0.505 e. The first-order chi connectivity index (χ1) is 26.8. The summed E-state index contributed by atoms with van der Waals surface area (Å²) in [6.45, 7) is 0. The van der Waals surface area contributed by atoms with Gasteiger partial charge in [0.1, 0.15) is 32.5 Å². The lowest BCUT2D eigenvalue weighted by atomic mass is 10.0. The molecule has 0 fully saturated rings. The fraction of sp³-hybridized carbons (Fsp3) is 0. The minimum atomic E-state index is -5.13. The van der Waals surface area contributed by atoms with Crippen LogP contribution in [0.3, 0.4) is 0 Å². The van der Waals surface area contributed by atoms with Crippen LogP contribution in [0.15, 0.2) is 113 Å². The summed E-state index contributed by atoms with van der Waals surface area (Å²) in [7, 11) is -19.9. The normalized spacial score (nSPS) is 13.0. The van der Waals surface area contributed by atoms with Crippen molar-refractivity contribution in [3.63, 3.8) is 0 Å². The van der Waals surface area contributed by atoms with Gasteiger partial charge in [-0.15, -0.1) is 20.5 Å². The lowest BCUT2D eigenvalue weighted by Gasteiger charge is -2.12. The lowest BCUT2D eigenvalue weighted by molar-refractivity contribution is 0.471. The number of phenols is 2. The van der Waals surface area contributed by atoms with Crippen molar-refractivity contribution in [2.75, 3.05) is 11.5 Å². The van der Waals surface area contributed by atoms with Crippen molar-refractivity contribution in [1.82, 2.24) is 0 Å². The van der Waals surface area contributed by atoms with Crippen LogP contribution < -0.4 is 11.5 Å². The highest BCUT2D eigenvalue weighted by Gasteiger charge is 2.27. The molecule has 302 valence electrons. The van der Waals surface area contributed by atoms with Gasteiger partial charge < -0.3 is 21.7 Å². The van der Waals surface area contributed by atoms with Crippen LogP contribution in [0.5, 0.6) is 11.5 Å². The first-order valence-electron chi connectivity index (χ1n) is 15.3. The number of halogens is 2. The minimum absolute atomic E-state index is 0.0698. The first-order valence-corrected chi connectivity index (χ1v) is 21.8. The summed E-state index contributed by atoms with van der Waals surface area (Å²) in [5, 5.41) is 36.0. The Morgan fingerprint density at radius 1 is 0.466 bits per heavy atom. The minimum Gasteiger partial charge on any atom is -0.505 e. The van der Waals surface area contributed by atoms with E-state index in [9.17, 15) is 62.1 Å². The van der Waals surface area contributed by atoms with Gasteiger partial charge in [-0.05, 0) is 82.6 Å². The Bertz CT molecular complexity index is 3090. The van der Waals surface area contributed by atoms with Crippen molar-refractivity contribution in [1.29, 1.82) is 0 Å². The van der Waals surface area contributed by atoms with Gasteiger partial charge in [-0.2, -0.15) is 33.7 Å². The Hall–Kier alpha value is -5.54. The fourth-order valence-corrected chi connectivity index (χ4v) is 8.47. The van der Waals surface area contributed by atoms with E-state index >= 15 is 0 Å². The van der Waals surface area contributed by atoms with Gasteiger partial charge >= 0.3 is 0 Å². The predicted octanol–water partition coefficient (Wildman–Crippen LogP) is 7.36. The van der Waals surface area contributed by atoms with Gasteiger partial charge in [0.2, 0.25) is 0 Å². The summed E-state index contributed by atoms with van der Waals surface area (Å²) in [6.07, 6.45) is 0. The number of hydrogen-bond acceptors (Lipinski definition) is 16. The smallest absolute Gasteiger partial charge is 0.296 e. The zero-order valence-corrected chi connectivity index (χ0v) is 33.0. The molecule has 0 radical (unpaired) electrons. The fourth-order valence-electron chi connectivity index (χ4n) is 5.61. The molecule has 58 heavy (non-hydrogen) atoms. The quantitative estimate of drug-likeness (QED) is 0.0399. The lowest BCUT2D eigenvalue weighted by Crippen LogP contribution is -2.02. The molecule has 0 aliphatic carbocycles. The van der Waals surface area contributed by atoms with E-state index in [0.29, 0.717) is 11.1 Å². The summed E-state index contributed by atoms with van der Waals surface area (Å²) >= 11 is 12.9. The Morgan fingerprint density at radius 3 is 1.10 bits per heavy atom. The van der Waals surface area contributed by atoms with E-state index in [2.05, 4.69) is 20.5 Å². The maximum atomic E-state index is 12.2. The standard InChI is InChI=1S/C32H22Cl2N6O14S4/c33-19-7-13(1-3-23(19)37-39-29-25(57(49,50)51)9-15-5-17(55(43,44)45)11-21(35)27(15)31(29)41)14-2-4-24(20(34)8-14)38-40-30-26(58(52,53)54)10-16-6-18(56(46,47)48)12-22(36)28(16)32(30)42/h1-12,41-42H,35-36H2,(H,43,44,45)(H,46,47,48)(H,49,50,51)(H,52,53,54). The number of nitrogens with two attached hydrogens (primary N) is 2. The van der Waals surface area contributed by atoms with Crippen molar-refractivity contribution in [3.8, 4) is 22.6 Å². The highest BCUT2D eigenvalue weighted by atomic mass is 35.5. The van der Waals surface area contributed by atoms with Gasteiger partial charge in [-0.3, -0.25) is 18.2 Å². The van der Waals surface area contributed by atoms with Crippen molar-refractivity contribution < 1.29 is 62.1 Å². The highest BCUT2D eigenvalue weighted by molar-refractivity contribution is 7.86. The molecule has 0 saturated carbocycles. The average Bonchev–Trinajstić information content (AvgIpc) is 3.09. The maximum Gasteiger partial charge on any atom is 0.296 e. The summed E-state index contributed by atoms with van der Waals surface area (Å²) in [5.74, 6) is -1.81. The number of aromatic hydroxyl groups is 2. The third kappa shape index (κ3) is 8.23. The number of benzene rings is 6.